The van der Waals surface area contributed by atoms with E-state index in [1.165, 1.54) is 13.4 Å². The molecule has 1 heterocycles. The second-order valence-corrected chi connectivity index (χ2v) is 2.88. The van der Waals surface area contributed by atoms with Crippen molar-refractivity contribution in [3.8, 4) is 0 Å². The molecule has 82 valence electrons. The fourth-order valence-corrected chi connectivity index (χ4v) is 1.11. The smallest absolute Gasteiger partial charge is 0.325 e. The minimum atomic E-state index is -0.334. The normalized spacial score (nSPS) is 9.53. The molecule has 0 aromatic carbocycles. The molecule has 0 saturated carbocycles. The van der Waals surface area contributed by atoms with Crippen LogP contribution in [-0.4, -0.2) is 36.6 Å². The van der Waals surface area contributed by atoms with Crippen molar-refractivity contribution in [1.29, 1.82) is 0 Å². The average molecular weight is 210 g/mol. The second kappa shape index (κ2) is 5.14. The molecule has 0 radical (unpaired) electrons. The first-order chi connectivity index (χ1) is 7.19. The van der Waals surface area contributed by atoms with Gasteiger partial charge in [0.1, 0.15) is 24.5 Å². The quantitative estimate of drug-likeness (QED) is 0.701. The molecule has 0 aliphatic heterocycles. The summed E-state index contributed by atoms with van der Waals surface area (Å²) >= 11 is 0. The second-order valence-electron chi connectivity index (χ2n) is 2.88. The van der Waals surface area contributed by atoms with Crippen molar-refractivity contribution >= 4 is 17.6 Å². The topological polar surface area (TPSA) is 76.1 Å². The van der Waals surface area contributed by atoms with Gasteiger partial charge in [-0.15, -0.1) is 0 Å². The Balaban J connectivity index is 2.73. The highest BCUT2D eigenvalue weighted by Crippen LogP contribution is 2.16. The Morgan fingerprint density at radius 1 is 1.47 bits per heavy atom. The standard InChI is InChI=1S/C9H14N4O2/c1-6-8(10-2)12-5-13-9(6)11-4-7(14)15-3/h5H,4H2,1-3H3,(H2,10,11,12,13). The zero-order valence-electron chi connectivity index (χ0n) is 9.00. The maximum atomic E-state index is 10.9. The van der Waals surface area contributed by atoms with Crippen LogP contribution in [0.15, 0.2) is 6.33 Å². The third-order valence-electron chi connectivity index (χ3n) is 1.95. The van der Waals surface area contributed by atoms with Gasteiger partial charge in [0.2, 0.25) is 0 Å². The van der Waals surface area contributed by atoms with Gasteiger partial charge < -0.3 is 15.4 Å². The SMILES string of the molecule is CNc1ncnc(NCC(=O)OC)c1C. The van der Waals surface area contributed by atoms with Crippen LogP contribution < -0.4 is 10.6 Å². The van der Waals surface area contributed by atoms with E-state index in [9.17, 15) is 4.79 Å². The number of anilines is 2. The first kappa shape index (κ1) is 11.2. The highest BCUT2D eigenvalue weighted by molar-refractivity contribution is 5.75. The predicted molar refractivity (Wildman–Crippen MR) is 56.8 cm³/mol. The first-order valence-corrected chi connectivity index (χ1v) is 4.49. The number of carbonyl (C=O) groups excluding carboxylic acids is 1. The highest BCUT2D eigenvalue weighted by Gasteiger charge is 2.06. The fourth-order valence-electron chi connectivity index (χ4n) is 1.11. The monoisotopic (exact) mass is 210 g/mol. The molecular weight excluding hydrogens is 196 g/mol. The van der Waals surface area contributed by atoms with Gasteiger partial charge in [-0.25, -0.2) is 9.97 Å². The number of aromatic nitrogens is 2. The van der Waals surface area contributed by atoms with Gasteiger partial charge >= 0.3 is 5.97 Å². The van der Waals surface area contributed by atoms with Gasteiger partial charge in [-0.3, -0.25) is 4.79 Å². The first-order valence-electron chi connectivity index (χ1n) is 4.49. The van der Waals surface area contributed by atoms with Crippen molar-refractivity contribution in [3.63, 3.8) is 0 Å². The van der Waals surface area contributed by atoms with Gasteiger partial charge in [-0.2, -0.15) is 0 Å². The molecule has 6 nitrogen and oxygen atoms in total. The van der Waals surface area contributed by atoms with Crippen LogP contribution in [0.2, 0.25) is 0 Å². The average Bonchev–Trinajstić information content (AvgIpc) is 2.27. The van der Waals surface area contributed by atoms with E-state index < -0.39 is 0 Å². The molecule has 0 fully saturated rings. The number of hydrogen-bond donors (Lipinski definition) is 2. The molecule has 2 N–H and O–H groups in total. The Kier molecular flexibility index (Phi) is 3.84. The van der Waals surface area contributed by atoms with E-state index in [0.717, 1.165) is 11.4 Å². The van der Waals surface area contributed by atoms with Crippen LogP contribution in [0.5, 0.6) is 0 Å². The van der Waals surface area contributed by atoms with Crippen molar-refractivity contribution in [2.75, 3.05) is 31.3 Å². The summed E-state index contributed by atoms with van der Waals surface area (Å²) in [4.78, 5) is 19.0. The Morgan fingerprint density at radius 2 is 2.13 bits per heavy atom. The number of nitrogens with zero attached hydrogens (tertiary/aromatic N) is 2. The van der Waals surface area contributed by atoms with Crippen molar-refractivity contribution in [2.24, 2.45) is 0 Å². The number of esters is 1. The minimum Gasteiger partial charge on any atom is -0.468 e. The summed E-state index contributed by atoms with van der Waals surface area (Å²) in [6.07, 6.45) is 1.43. The van der Waals surface area contributed by atoms with Gasteiger partial charge in [0.05, 0.1) is 7.11 Å². The Labute approximate surface area is 88.1 Å². The molecule has 0 atom stereocenters. The van der Waals surface area contributed by atoms with Crippen LogP contribution >= 0.6 is 0 Å². The van der Waals surface area contributed by atoms with Crippen LogP contribution in [0, 0.1) is 6.92 Å². The third kappa shape index (κ3) is 2.80. The predicted octanol–water partition coefficient (Wildman–Crippen LogP) is 0.412. The zero-order valence-corrected chi connectivity index (χ0v) is 9.00. The molecule has 0 unspecified atom stereocenters. The maximum absolute atomic E-state index is 10.9. The van der Waals surface area contributed by atoms with Gasteiger partial charge in [-0.1, -0.05) is 0 Å². The number of hydrogen-bond acceptors (Lipinski definition) is 6. The number of methoxy groups -OCH3 is 1. The fraction of sp³-hybridized carbons (Fsp3) is 0.444. The summed E-state index contributed by atoms with van der Waals surface area (Å²) in [5.41, 5.74) is 0.865. The van der Waals surface area contributed by atoms with Crippen molar-refractivity contribution in [1.82, 2.24) is 9.97 Å². The molecule has 0 saturated heterocycles. The largest absolute Gasteiger partial charge is 0.468 e. The van der Waals surface area contributed by atoms with Gasteiger partial charge in [0, 0.05) is 12.6 Å². The van der Waals surface area contributed by atoms with E-state index in [4.69, 9.17) is 0 Å². The summed E-state index contributed by atoms with van der Waals surface area (Å²) in [5.74, 6) is 1.02. The van der Waals surface area contributed by atoms with Crippen LogP contribution in [0.4, 0.5) is 11.6 Å². The Hall–Kier alpha value is -1.85. The molecule has 0 aliphatic carbocycles. The molecule has 6 heteroatoms. The lowest BCUT2D eigenvalue weighted by atomic mass is 10.3. The van der Waals surface area contributed by atoms with Crippen LogP contribution in [0.25, 0.3) is 0 Å². The maximum Gasteiger partial charge on any atom is 0.325 e. The lowest BCUT2D eigenvalue weighted by Gasteiger charge is -2.09. The molecule has 1 rings (SSSR count). The van der Waals surface area contributed by atoms with Gasteiger partial charge in [0.25, 0.3) is 0 Å². The van der Waals surface area contributed by atoms with Crippen LogP contribution in [0.3, 0.4) is 0 Å². The number of rotatable bonds is 4. The highest BCUT2D eigenvalue weighted by atomic mass is 16.5. The van der Waals surface area contributed by atoms with Gasteiger partial charge in [0.15, 0.2) is 0 Å². The molecule has 0 spiro atoms. The molecule has 0 bridgehead atoms. The number of ether oxygens (including phenoxy) is 1. The lowest BCUT2D eigenvalue weighted by Crippen LogP contribution is -2.16. The summed E-state index contributed by atoms with van der Waals surface area (Å²) < 4.78 is 4.51. The zero-order chi connectivity index (χ0) is 11.3. The van der Waals surface area contributed by atoms with Gasteiger partial charge in [-0.05, 0) is 6.92 Å². The summed E-state index contributed by atoms with van der Waals surface area (Å²) in [6, 6.07) is 0. The van der Waals surface area contributed by atoms with E-state index in [1.807, 2.05) is 6.92 Å². The van der Waals surface area contributed by atoms with E-state index >= 15 is 0 Å². The Morgan fingerprint density at radius 3 is 2.73 bits per heavy atom. The summed E-state index contributed by atoms with van der Waals surface area (Å²) in [5, 5.41) is 5.80. The minimum absolute atomic E-state index is 0.0947. The molecular formula is C9H14N4O2. The summed E-state index contributed by atoms with van der Waals surface area (Å²) in [6.45, 7) is 1.96. The van der Waals surface area contributed by atoms with E-state index in [2.05, 4.69) is 25.3 Å². The van der Waals surface area contributed by atoms with E-state index in [0.29, 0.717) is 5.82 Å². The van der Waals surface area contributed by atoms with E-state index in [-0.39, 0.29) is 12.5 Å². The van der Waals surface area contributed by atoms with Crippen LogP contribution in [0.1, 0.15) is 5.56 Å². The van der Waals surface area contributed by atoms with E-state index in [1.54, 1.807) is 7.05 Å². The number of nitrogens with one attached hydrogen (secondary N) is 2. The molecule has 15 heavy (non-hydrogen) atoms. The summed E-state index contributed by atoms with van der Waals surface area (Å²) in [7, 11) is 3.12. The third-order valence-corrected chi connectivity index (χ3v) is 1.95. The lowest BCUT2D eigenvalue weighted by molar-refractivity contribution is -0.138. The number of carbonyl (C=O) groups is 1. The molecule has 0 aliphatic rings. The van der Waals surface area contributed by atoms with Crippen LogP contribution in [-0.2, 0) is 9.53 Å². The van der Waals surface area contributed by atoms with Crippen molar-refractivity contribution < 1.29 is 9.53 Å². The van der Waals surface area contributed by atoms with Crippen molar-refractivity contribution in [2.45, 2.75) is 6.92 Å². The molecule has 1 aromatic heterocycles. The van der Waals surface area contributed by atoms with Crippen molar-refractivity contribution in [3.05, 3.63) is 11.9 Å². The molecule has 1 aromatic rings. The Bertz CT molecular complexity index is 354. The molecule has 0 amide bonds.